The number of rotatable bonds is 8. The summed E-state index contributed by atoms with van der Waals surface area (Å²) in [5.41, 5.74) is 0.444. The number of hydrogen-bond acceptors (Lipinski definition) is 5. The molecule has 0 bridgehead atoms. The molecule has 0 fully saturated rings. The number of sulfonamides is 1. The Labute approximate surface area is 146 Å². The zero-order valence-corrected chi connectivity index (χ0v) is 15.0. The molecule has 0 radical (unpaired) electrons. The molecule has 136 valence electrons. The minimum atomic E-state index is -3.60. The van der Waals surface area contributed by atoms with Gasteiger partial charge in [0.15, 0.2) is 11.5 Å². The fourth-order valence-electron chi connectivity index (χ4n) is 2.11. The quantitative estimate of drug-likeness (QED) is 0.716. The molecular formula is C17H20FNO5S. The van der Waals surface area contributed by atoms with Gasteiger partial charge in [-0.2, -0.15) is 0 Å². The first kappa shape index (κ1) is 18.9. The maximum absolute atomic E-state index is 12.8. The van der Waals surface area contributed by atoms with E-state index in [4.69, 9.17) is 14.2 Å². The average Bonchev–Trinajstić information content (AvgIpc) is 2.62. The van der Waals surface area contributed by atoms with Crippen LogP contribution in [0.2, 0.25) is 0 Å². The Balaban J connectivity index is 2.04. The Morgan fingerprint density at radius 1 is 1.00 bits per heavy atom. The van der Waals surface area contributed by atoms with Crippen molar-refractivity contribution in [1.29, 1.82) is 0 Å². The van der Waals surface area contributed by atoms with Gasteiger partial charge < -0.3 is 14.2 Å². The van der Waals surface area contributed by atoms with Crippen LogP contribution in [0.5, 0.6) is 17.2 Å². The molecule has 0 unspecified atom stereocenters. The monoisotopic (exact) mass is 369 g/mol. The van der Waals surface area contributed by atoms with Gasteiger partial charge in [0.05, 0.1) is 19.9 Å². The molecule has 0 amide bonds. The zero-order chi connectivity index (χ0) is 18.4. The number of halogens is 1. The number of nitrogens with zero attached hydrogens (tertiary/aromatic N) is 1. The summed E-state index contributed by atoms with van der Waals surface area (Å²) in [6, 6.07) is 10.2. The van der Waals surface area contributed by atoms with Crippen molar-refractivity contribution in [2.75, 3.05) is 37.9 Å². The van der Waals surface area contributed by atoms with Gasteiger partial charge in [0.1, 0.15) is 23.9 Å². The summed E-state index contributed by atoms with van der Waals surface area (Å²) < 4.78 is 54.5. The summed E-state index contributed by atoms with van der Waals surface area (Å²) >= 11 is 0. The van der Waals surface area contributed by atoms with Gasteiger partial charge in [-0.1, -0.05) is 0 Å². The van der Waals surface area contributed by atoms with E-state index in [0.717, 1.165) is 4.31 Å². The fourth-order valence-corrected chi connectivity index (χ4v) is 3.12. The van der Waals surface area contributed by atoms with Gasteiger partial charge in [-0.25, -0.2) is 12.8 Å². The van der Waals surface area contributed by atoms with E-state index in [1.807, 2.05) is 0 Å². The van der Waals surface area contributed by atoms with Crippen LogP contribution in [0.25, 0.3) is 0 Å². The van der Waals surface area contributed by atoms with Crippen molar-refractivity contribution < 1.29 is 27.0 Å². The lowest BCUT2D eigenvalue weighted by atomic mass is 10.3. The van der Waals surface area contributed by atoms with Crippen molar-refractivity contribution in [3.63, 3.8) is 0 Å². The molecule has 0 atom stereocenters. The highest BCUT2D eigenvalue weighted by Crippen LogP contribution is 2.31. The number of ether oxygens (including phenoxy) is 3. The molecule has 0 saturated carbocycles. The number of anilines is 1. The van der Waals surface area contributed by atoms with Gasteiger partial charge in [-0.3, -0.25) is 4.31 Å². The second kappa shape index (κ2) is 8.06. The number of hydrogen-bond donors (Lipinski definition) is 0. The van der Waals surface area contributed by atoms with Gasteiger partial charge in [0.25, 0.3) is 0 Å². The van der Waals surface area contributed by atoms with Gasteiger partial charge in [-0.15, -0.1) is 0 Å². The topological polar surface area (TPSA) is 65.1 Å². The van der Waals surface area contributed by atoms with E-state index in [9.17, 15) is 12.8 Å². The maximum atomic E-state index is 12.8. The van der Waals surface area contributed by atoms with Gasteiger partial charge in [-0.05, 0) is 36.4 Å². The molecule has 2 aromatic rings. The Morgan fingerprint density at radius 2 is 1.64 bits per heavy atom. The summed E-state index contributed by atoms with van der Waals surface area (Å²) in [5, 5.41) is 0. The Morgan fingerprint density at radius 3 is 2.24 bits per heavy atom. The first-order valence-corrected chi connectivity index (χ1v) is 9.05. The van der Waals surface area contributed by atoms with Gasteiger partial charge in [0.2, 0.25) is 10.0 Å². The zero-order valence-electron chi connectivity index (χ0n) is 14.2. The van der Waals surface area contributed by atoms with Crippen LogP contribution < -0.4 is 18.5 Å². The lowest BCUT2D eigenvalue weighted by Crippen LogP contribution is -2.31. The summed E-state index contributed by atoms with van der Waals surface area (Å²) in [6.07, 6.45) is 0. The first-order chi connectivity index (χ1) is 11.9. The van der Waals surface area contributed by atoms with Crippen LogP contribution in [0, 0.1) is 5.82 Å². The van der Waals surface area contributed by atoms with E-state index in [2.05, 4.69) is 0 Å². The van der Waals surface area contributed by atoms with Crippen LogP contribution in [0.15, 0.2) is 42.5 Å². The third-order valence-corrected chi connectivity index (χ3v) is 5.30. The number of benzene rings is 2. The van der Waals surface area contributed by atoms with E-state index >= 15 is 0 Å². The highest BCUT2D eigenvalue weighted by Gasteiger charge is 2.20. The van der Waals surface area contributed by atoms with Gasteiger partial charge in [0, 0.05) is 13.1 Å². The Kier molecular flexibility index (Phi) is 6.08. The van der Waals surface area contributed by atoms with E-state index in [1.165, 1.54) is 45.5 Å². The molecule has 0 aromatic heterocycles. The van der Waals surface area contributed by atoms with Crippen LogP contribution in [0.1, 0.15) is 0 Å². The van der Waals surface area contributed by atoms with Crippen molar-refractivity contribution in [2.45, 2.75) is 0 Å². The van der Waals surface area contributed by atoms with Crippen LogP contribution in [-0.2, 0) is 10.0 Å². The molecule has 0 N–H and O–H groups in total. The highest BCUT2D eigenvalue weighted by molar-refractivity contribution is 7.92. The van der Waals surface area contributed by atoms with Crippen LogP contribution in [0.4, 0.5) is 10.1 Å². The minimum Gasteiger partial charge on any atom is -0.493 e. The van der Waals surface area contributed by atoms with Crippen molar-refractivity contribution in [3.8, 4) is 17.2 Å². The summed E-state index contributed by atoms with van der Waals surface area (Å²) in [5.74, 6) is 0.745. The standard InChI is InChI=1S/C17H20FNO5S/c1-19(14-6-9-16(22-2)17(12-14)23-3)25(20,21)11-10-24-15-7-4-13(18)5-8-15/h4-9,12H,10-11H2,1-3H3. The highest BCUT2D eigenvalue weighted by atomic mass is 32.2. The number of methoxy groups -OCH3 is 2. The Bertz CT molecular complexity index is 808. The molecule has 6 nitrogen and oxygen atoms in total. The average molecular weight is 369 g/mol. The maximum Gasteiger partial charge on any atom is 0.238 e. The molecule has 0 spiro atoms. The van der Waals surface area contributed by atoms with Crippen LogP contribution in [-0.4, -0.2) is 42.0 Å². The molecule has 0 heterocycles. The fraction of sp³-hybridized carbons (Fsp3) is 0.294. The molecule has 0 aliphatic heterocycles. The third kappa shape index (κ3) is 4.76. The summed E-state index contributed by atoms with van der Waals surface area (Å²) in [4.78, 5) is 0. The second-order valence-electron chi connectivity index (χ2n) is 5.13. The van der Waals surface area contributed by atoms with Crippen LogP contribution in [0.3, 0.4) is 0 Å². The SMILES string of the molecule is COc1ccc(N(C)S(=O)(=O)CCOc2ccc(F)cc2)cc1OC. The molecule has 2 aromatic carbocycles. The smallest absolute Gasteiger partial charge is 0.238 e. The van der Waals surface area contributed by atoms with Crippen molar-refractivity contribution in [2.24, 2.45) is 0 Å². The molecular weight excluding hydrogens is 349 g/mol. The summed E-state index contributed by atoms with van der Waals surface area (Å²) in [7, 11) is 0.838. The predicted octanol–water partition coefficient (Wildman–Crippen LogP) is 2.69. The Hall–Kier alpha value is -2.48. The van der Waals surface area contributed by atoms with E-state index < -0.39 is 10.0 Å². The van der Waals surface area contributed by atoms with E-state index in [1.54, 1.807) is 18.2 Å². The van der Waals surface area contributed by atoms with E-state index in [-0.39, 0.29) is 18.2 Å². The first-order valence-electron chi connectivity index (χ1n) is 7.44. The predicted molar refractivity (Wildman–Crippen MR) is 93.6 cm³/mol. The van der Waals surface area contributed by atoms with Crippen LogP contribution >= 0.6 is 0 Å². The largest absolute Gasteiger partial charge is 0.493 e. The van der Waals surface area contributed by atoms with E-state index in [0.29, 0.717) is 22.9 Å². The van der Waals surface area contributed by atoms with Crippen molar-refractivity contribution >= 4 is 15.7 Å². The van der Waals surface area contributed by atoms with Crippen molar-refractivity contribution in [3.05, 3.63) is 48.3 Å². The molecule has 25 heavy (non-hydrogen) atoms. The minimum absolute atomic E-state index is 0.0500. The molecule has 0 aliphatic carbocycles. The molecule has 8 heteroatoms. The molecule has 2 rings (SSSR count). The second-order valence-corrected chi connectivity index (χ2v) is 7.24. The van der Waals surface area contributed by atoms with Crippen molar-refractivity contribution in [1.82, 2.24) is 0 Å². The third-order valence-electron chi connectivity index (χ3n) is 3.57. The summed E-state index contributed by atoms with van der Waals surface area (Å²) in [6.45, 7) is -0.0500. The van der Waals surface area contributed by atoms with Gasteiger partial charge >= 0.3 is 0 Å². The lowest BCUT2D eigenvalue weighted by molar-refractivity contribution is 0.340. The molecule has 0 aliphatic rings. The normalized spacial score (nSPS) is 11.0. The lowest BCUT2D eigenvalue weighted by Gasteiger charge is -2.20. The molecule has 0 saturated heterocycles.